The molecular formula is C20H20F2N4OS. The zero-order valence-electron chi connectivity index (χ0n) is 15.6. The maximum absolute atomic E-state index is 13.3. The average Bonchev–Trinajstić information content (AvgIpc) is 3.06. The van der Waals surface area contributed by atoms with Crippen molar-refractivity contribution in [2.75, 3.05) is 11.1 Å². The van der Waals surface area contributed by atoms with Gasteiger partial charge in [-0.1, -0.05) is 42.4 Å². The van der Waals surface area contributed by atoms with Crippen LogP contribution in [0, 0.1) is 18.6 Å². The third kappa shape index (κ3) is 4.75. The first-order chi connectivity index (χ1) is 13.5. The monoisotopic (exact) mass is 402 g/mol. The molecule has 0 atom stereocenters. The maximum atomic E-state index is 13.3. The van der Waals surface area contributed by atoms with Crippen LogP contribution in [0.3, 0.4) is 0 Å². The number of nitrogens with zero attached hydrogens (tertiary/aromatic N) is 3. The van der Waals surface area contributed by atoms with Crippen LogP contribution in [0.2, 0.25) is 0 Å². The molecule has 0 spiro atoms. The topological polar surface area (TPSA) is 59.8 Å². The number of hydrogen-bond donors (Lipinski definition) is 1. The van der Waals surface area contributed by atoms with Gasteiger partial charge in [-0.05, 0) is 31.5 Å². The second-order valence-corrected chi connectivity index (χ2v) is 7.24. The van der Waals surface area contributed by atoms with Crippen molar-refractivity contribution in [3.05, 3.63) is 59.7 Å². The Bertz CT molecular complexity index is 990. The first kappa shape index (κ1) is 20.0. The summed E-state index contributed by atoms with van der Waals surface area (Å²) >= 11 is 1.25. The van der Waals surface area contributed by atoms with Crippen molar-refractivity contribution in [2.24, 2.45) is 0 Å². The number of rotatable bonds is 7. The van der Waals surface area contributed by atoms with E-state index in [1.165, 1.54) is 17.8 Å². The first-order valence-electron chi connectivity index (χ1n) is 8.86. The Balaban J connectivity index is 1.71. The summed E-state index contributed by atoms with van der Waals surface area (Å²) in [5, 5.41) is 11.7. The van der Waals surface area contributed by atoms with Gasteiger partial charge in [0.1, 0.15) is 0 Å². The van der Waals surface area contributed by atoms with Gasteiger partial charge in [0.2, 0.25) is 5.91 Å². The fraction of sp³-hybridized carbons (Fsp3) is 0.250. The molecule has 146 valence electrons. The molecule has 1 aromatic heterocycles. The molecule has 0 saturated carbocycles. The number of anilines is 1. The van der Waals surface area contributed by atoms with E-state index < -0.39 is 11.6 Å². The van der Waals surface area contributed by atoms with E-state index >= 15 is 0 Å². The minimum atomic E-state index is -1.00. The normalized spacial score (nSPS) is 10.9. The predicted molar refractivity (Wildman–Crippen MR) is 106 cm³/mol. The van der Waals surface area contributed by atoms with Gasteiger partial charge in [-0.25, -0.2) is 8.78 Å². The molecule has 3 aromatic rings. The predicted octanol–water partition coefficient (Wildman–Crippen LogP) is 4.67. The molecule has 2 aromatic carbocycles. The number of carbonyl (C=O) groups excluding carboxylic acids is 1. The van der Waals surface area contributed by atoms with Gasteiger partial charge in [-0.15, -0.1) is 10.2 Å². The van der Waals surface area contributed by atoms with Crippen molar-refractivity contribution in [2.45, 2.75) is 32.0 Å². The van der Waals surface area contributed by atoms with Gasteiger partial charge in [0.25, 0.3) is 0 Å². The lowest BCUT2D eigenvalue weighted by Crippen LogP contribution is -2.15. The third-order valence-electron chi connectivity index (χ3n) is 3.98. The molecule has 1 N–H and O–H groups in total. The molecule has 0 aliphatic carbocycles. The van der Waals surface area contributed by atoms with Crippen LogP contribution in [-0.4, -0.2) is 26.4 Å². The number of hydrogen-bond acceptors (Lipinski definition) is 4. The second kappa shape index (κ2) is 8.97. The van der Waals surface area contributed by atoms with Crippen molar-refractivity contribution in [1.29, 1.82) is 0 Å². The Morgan fingerprint density at radius 1 is 1.14 bits per heavy atom. The molecule has 0 radical (unpaired) electrons. The Kier molecular flexibility index (Phi) is 6.41. The number of carbonyl (C=O) groups is 1. The van der Waals surface area contributed by atoms with E-state index in [1.54, 1.807) is 0 Å². The van der Waals surface area contributed by atoms with Gasteiger partial charge in [0.05, 0.1) is 5.75 Å². The fourth-order valence-corrected chi connectivity index (χ4v) is 3.48. The average molecular weight is 402 g/mol. The molecule has 0 fully saturated rings. The van der Waals surface area contributed by atoms with Crippen LogP contribution in [0.1, 0.15) is 18.9 Å². The quantitative estimate of drug-likeness (QED) is 0.584. The molecule has 1 heterocycles. The molecule has 8 heteroatoms. The van der Waals surface area contributed by atoms with Crippen LogP contribution in [0.25, 0.3) is 11.4 Å². The summed E-state index contributed by atoms with van der Waals surface area (Å²) in [6, 6.07) is 11.3. The van der Waals surface area contributed by atoms with Gasteiger partial charge in [-0.3, -0.25) is 4.79 Å². The van der Waals surface area contributed by atoms with E-state index in [0.29, 0.717) is 5.16 Å². The van der Waals surface area contributed by atoms with Crippen molar-refractivity contribution in [3.63, 3.8) is 0 Å². The van der Waals surface area contributed by atoms with Crippen LogP contribution in [0.15, 0.2) is 47.6 Å². The van der Waals surface area contributed by atoms with Crippen molar-refractivity contribution in [1.82, 2.24) is 14.8 Å². The van der Waals surface area contributed by atoms with E-state index in [2.05, 4.69) is 22.4 Å². The highest BCUT2D eigenvalue weighted by Crippen LogP contribution is 2.25. The molecule has 0 bridgehead atoms. The minimum Gasteiger partial charge on any atom is -0.325 e. The van der Waals surface area contributed by atoms with Crippen molar-refractivity contribution < 1.29 is 13.6 Å². The summed E-state index contributed by atoms with van der Waals surface area (Å²) in [6.45, 7) is 4.80. The highest BCUT2D eigenvalue weighted by atomic mass is 32.2. The summed E-state index contributed by atoms with van der Waals surface area (Å²) in [5.41, 5.74) is 2.31. The molecule has 5 nitrogen and oxygen atoms in total. The summed E-state index contributed by atoms with van der Waals surface area (Å²) < 4.78 is 28.2. The second-order valence-electron chi connectivity index (χ2n) is 6.29. The van der Waals surface area contributed by atoms with Gasteiger partial charge in [0.15, 0.2) is 22.6 Å². The van der Waals surface area contributed by atoms with Crippen LogP contribution < -0.4 is 5.32 Å². The number of thioether (sulfide) groups is 1. The van der Waals surface area contributed by atoms with Crippen LogP contribution >= 0.6 is 11.8 Å². The smallest absolute Gasteiger partial charge is 0.234 e. The number of benzene rings is 2. The zero-order chi connectivity index (χ0) is 20.1. The summed E-state index contributed by atoms with van der Waals surface area (Å²) in [4.78, 5) is 12.2. The van der Waals surface area contributed by atoms with Crippen LogP contribution in [-0.2, 0) is 11.3 Å². The SMILES string of the molecule is CCCn1c(SCC(=O)Nc2ccc(F)c(F)c2)nnc1-c1cccc(C)c1. The van der Waals surface area contributed by atoms with Gasteiger partial charge >= 0.3 is 0 Å². The lowest BCUT2D eigenvalue weighted by molar-refractivity contribution is -0.113. The molecule has 0 saturated heterocycles. The summed E-state index contributed by atoms with van der Waals surface area (Å²) in [6.07, 6.45) is 0.894. The largest absolute Gasteiger partial charge is 0.325 e. The number of nitrogens with one attached hydrogen (secondary N) is 1. The number of amides is 1. The van der Waals surface area contributed by atoms with Crippen LogP contribution in [0.5, 0.6) is 0 Å². The van der Waals surface area contributed by atoms with Gasteiger partial charge in [0, 0.05) is 23.9 Å². The molecular weight excluding hydrogens is 382 g/mol. The summed E-state index contributed by atoms with van der Waals surface area (Å²) in [7, 11) is 0. The Morgan fingerprint density at radius 2 is 1.96 bits per heavy atom. The van der Waals surface area contributed by atoms with E-state index in [9.17, 15) is 13.6 Å². The van der Waals surface area contributed by atoms with Gasteiger partial charge < -0.3 is 9.88 Å². The summed E-state index contributed by atoms with van der Waals surface area (Å²) in [5.74, 6) is -1.46. The minimum absolute atomic E-state index is 0.0780. The van der Waals surface area contributed by atoms with E-state index in [0.717, 1.165) is 42.0 Å². The standard InChI is InChI=1S/C20H20F2N4OS/c1-3-9-26-19(14-6-4-5-13(2)10-14)24-25-20(26)28-12-18(27)23-15-7-8-16(21)17(22)11-15/h4-8,10-11H,3,9,12H2,1-2H3,(H,23,27). The molecule has 3 rings (SSSR count). The molecule has 0 aliphatic rings. The molecule has 1 amide bonds. The number of aryl methyl sites for hydroxylation is 1. The number of aromatic nitrogens is 3. The fourth-order valence-electron chi connectivity index (χ4n) is 2.72. The lowest BCUT2D eigenvalue weighted by Gasteiger charge is -2.09. The molecule has 0 aliphatic heterocycles. The Labute approximate surface area is 166 Å². The zero-order valence-corrected chi connectivity index (χ0v) is 16.4. The third-order valence-corrected chi connectivity index (χ3v) is 4.94. The first-order valence-corrected chi connectivity index (χ1v) is 9.84. The van der Waals surface area contributed by atoms with E-state index in [4.69, 9.17) is 0 Å². The number of halogens is 2. The van der Waals surface area contributed by atoms with Crippen molar-refractivity contribution >= 4 is 23.4 Å². The highest BCUT2D eigenvalue weighted by Gasteiger charge is 2.15. The Hall–Kier alpha value is -2.74. The Morgan fingerprint density at radius 3 is 2.68 bits per heavy atom. The van der Waals surface area contributed by atoms with Gasteiger partial charge in [-0.2, -0.15) is 0 Å². The highest BCUT2D eigenvalue weighted by molar-refractivity contribution is 7.99. The van der Waals surface area contributed by atoms with Crippen LogP contribution in [0.4, 0.5) is 14.5 Å². The van der Waals surface area contributed by atoms with Crippen molar-refractivity contribution in [3.8, 4) is 11.4 Å². The molecule has 0 unspecified atom stereocenters. The van der Waals surface area contributed by atoms with E-state index in [1.807, 2.05) is 35.8 Å². The lowest BCUT2D eigenvalue weighted by atomic mass is 10.1. The maximum Gasteiger partial charge on any atom is 0.234 e. The van der Waals surface area contributed by atoms with E-state index in [-0.39, 0.29) is 17.3 Å². The molecule has 28 heavy (non-hydrogen) atoms.